The molecule has 0 amide bonds. The van der Waals surface area contributed by atoms with Crippen LogP contribution in [0.25, 0.3) is 0 Å². The Labute approximate surface area is 141 Å². The highest BCUT2D eigenvalue weighted by atomic mass is 35.5. The number of halogens is 2. The molecular weight excluding hydrogens is 343 g/mol. The molecule has 6 nitrogen and oxygen atoms in total. The average molecular weight is 355 g/mol. The van der Waals surface area contributed by atoms with E-state index in [0.29, 0.717) is 5.56 Å². The van der Waals surface area contributed by atoms with Crippen molar-refractivity contribution in [3.05, 3.63) is 57.8 Å². The maximum absolute atomic E-state index is 12.1. The molecule has 0 fully saturated rings. The molecule has 0 aliphatic rings. The van der Waals surface area contributed by atoms with E-state index in [2.05, 4.69) is 4.98 Å². The minimum Gasteiger partial charge on any atom is -0.480 e. The van der Waals surface area contributed by atoms with E-state index < -0.39 is 18.0 Å². The lowest BCUT2D eigenvalue weighted by Gasteiger charge is -2.09. The van der Waals surface area contributed by atoms with Crippen molar-refractivity contribution in [1.29, 1.82) is 0 Å². The SMILES string of the molecule is N[C@@H](Cc1ccc(OC(=O)c2c(Cl)cncc2Cl)cc1)C(=O)O. The van der Waals surface area contributed by atoms with E-state index in [-0.39, 0.29) is 27.8 Å². The molecule has 0 saturated heterocycles. The fourth-order valence-electron chi connectivity index (χ4n) is 1.80. The van der Waals surface area contributed by atoms with Crippen molar-refractivity contribution in [2.24, 2.45) is 5.73 Å². The predicted molar refractivity (Wildman–Crippen MR) is 85.0 cm³/mol. The monoisotopic (exact) mass is 354 g/mol. The third-order valence-corrected chi connectivity index (χ3v) is 3.54. The number of nitrogens with two attached hydrogens (primary N) is 1. The summed E-state index contributed by atoms with van der Waals surface area (Å²) in [6.45, 7) is 0. The molecule has 0 saturated carbocycles. The van der Waals surface area contributed by atoms with Gasteiger partial charge in [0.25, 0.3) is 0 Å². The number of carboxylic acids is 1. The number of carboxylic acid groups (broad SMARTS) is 1. The van der Waals surface area contributed by atoms with E-state index in [0.717, 1.165) is 0 Å². The van der Waals surface area contributed by atoms with Crippen molar-refractivity contribution in [1.82, 2.24) is 4.98 Å². The van der Waals surface area contributed by atoms with Crippen molar-refractivity contribution in [2.75, 3.05) is 0 Å². The maximum atomic E-state index is 12.1. The smallest absolute Gasteiger partial charge is 0.346 e. The minimum atomic E-state index is -1.08. The topological polar surface area (TPSA) is 103 Å². The first kappa shape index (κ1) is 17.2. The van der Waals surface area contributed by atoms with Gasteiger partial charge in [0.05, 0.1) is 10.0 Å². The number of carbonyl (C=O) groups excluding carboxylic acids is 1. The fraction of sp³-hybridized carbons (Fsp3) is 0.133. The minimum absolute atomic E-state index is 0.0281. The van der Waals surface area contributed by atoms with Gasteiger partial charge in [-0.25, -0.2) is 4.79 Å². The second-order valence-corrected chi connectivity index (χ2v) is 5.47. The van der Waals surface area contributed by atoms with E-state index in [1.54, 1.807) is 12.1 Å². The molecule has 0 spiro atoms. The van der Waals surface area contributed by atoms with Gasteiger partial charge in [-0.1, -0.05) is 35.3 Å². The first-order valence-corrected chi connectivity index (χ1v) is 7.22. The summed E-state index contributed by atoms with van der Waals surface area (Å²) in [7, 11) is 0. The maximum Gasteiger partial charge on any atom is 0.346 e. The van der Waals surface area contributed by atoms with Gasteiger partial charge in [0.2, 0.25) is 0 Å². The molecule has 3 N–H and O–H groups in total. The Hall–Kier alpha value is -2.15. The normalized spacial score (nSPS) is 11.8. The van der Waals surface area contributed by atoms with Gasteiger partial charge in [-0.2, -0.15) is 0 Å². The summed E-state index contributed by atoms with van der Waals surface area (Å²) in [4.78, 5) is 26.6. The van der Waals surface area contributed by atoms with Crippen LogP contribution >= 0.6 is 23.2 Å². The van der Waals surface area contributed by atoms with E-state index in [1.165, 1.54) is 24.5 Å². The molecule has 120 valence electrons. The highest BCUT2D eigenvalue weighted by Gasteiger charge is 2.18. The second-order valence-electron chi connectivity index (χ2n) is 4.66. The average Bonchev–Trinajstić information content (AvgIpc) is 2.49. The number of hydrogen-bond acceptors (Lipinski definition) is 5. The Bertz CT molecular complexity index is 715. The van der Waals surface area contributed by atoms with Gasteiger partial charge in [-0.05, 0) is 24.1 Å². The van der Waals surface area contributed by atoms with Gasteiger partial charge in [-0.15, -0.1) is 0 Å². The van der Waals surface area contributed by atoms with Crippen LogP contribution in [0.2, 0.25) is 10.0 Å². The third kappa shape index (κ3) is 4.41. The molecule has 0 unspecified atom stereocenters. The lowest BCUT2D eigenvalue weighted by atomic mass is 10.1. The van der Waals surface area contributed by atoms with Crippen LogP contribution in [0.15, 0.2) is 36.7 Å². The fourth-order valence-corrected chi connectivity index (χ4v) is 2.32. The van der Waals surface area contributed by atoms with Crippen LogP contribution in [-0.4, -0.2) is 28.1 Å². The van der Waals surface area contributed by atoms with Crippen LogP contribution in [0, 0.1) is 0 Å². The Kier molecular flexibility index (Phi) is 5.54. The number of ether oxygens (including phenoxy) is 1. The lowest BCUT2D eigenvalue weighted by molar-refractivity contribution is -0.138. The molecule has 1 aromatic carbocycles. The molecule has 1 heterocycles. The van der Waals surface area contributed by atoms with Gasteiger partial charge in [0, 0.05) is 12.4 Å². The highest BCUT2D eigenvalue weighted by molar-refractivity contribution is 6.39. The van der Waals surface area contributed by atoms with Crippen LogP contribution in [-0.2, 0) is 11.2 Å². The first-order valence-electron chi connectivity index (χ1n) is 6.47. The molecule has 1 atom stereocenters. The van der Waals surface area contributed by atoms with Crippen LogP contribution in [0.3, 0.4) is 0 Å². The third-order valence-electron chi connectivity index (χ3n) is 2.96. The summed E-state index contributed by atoms with van der Waals surface area (Å²) in [6.07, 6.45) is 2.76. The van der Waals surface area contributed by atoms with Crippen molar-refractivity contribution < 1.29 is 19.4 Å². The zero-order valence-corrected chi connectivity index (χ0v) is 13.2. The largest absolute Gasteiger partial charge is 0.480 e. The number of nitrogens with zero attached hydrogens (tertiary/aromatic N) is 1. The summed E-state index contributed by atoms with van der Waals surface area (Å²) >= 11 is 11.8. The molecule has 23 heavy (non-hydrogen) atoms. The lowest BCUT2D eigenvalue weighted by Crippen LogP contribution is -2.32. The summed E-state index contributed by atoms with van der Waals surface area (Å²) in [5.41, 5.74) is 6.19. The quantitative estimate of drug-likeness (QED) is 0.631. The number of carbonyl (C=O) groups is 2. The van der Waals surface area contributed by atoms with Crippen LogP contribution in [0.5, 0.6) is 5.75 Å². The molecule has 0 aliphatic heterocycles. The molecule has 1 aromatic heterocycles. The van der Waals surface area contributed by atoms with Crippen molar-refractivity contribution in [2.45, 2.75) is 12.5 Å². The second kappa shape index (κ2) is 7.41. The Balaban J connectivity index is 2.09. The number of pyridine rings is 1. The zero-order valence-electron chi connectivity index (χ0n) is 11.7. The molecule has 0 bridgehead atoms. The number of aromatic nitrogens is 1. The van der Waals surface area contributed by atoms with Crippen LogP contribution < -0.4 is 10.5 Å². The Morgan fingerprint density at radius 1 is 1.17 bits per heavy atom. The molecule has 8 heteroatoms. The molecular formula is C15H12Cl2N2O4. The van der Waals surface area contributed by atoms with E-state index >= 15 is 0 Å². The first-order chi connectivity index (χ1) is 10.9. The Morgan fingerprint density at radius 2 is 1.74 bits per heavy atom. The van der Waals surface area contributed by atoms with Crippen LogP contribution in [0.1, 0.15) is 15.9 Å². The highest BCUT2D eigenvalue weighted by Crippen LogP contribution is 2.25. The summed E-state index contributed by atoms with van der Waals surface area (Å²) in [5, 5.41) is 8.95. The molecule has 2 rings (SSSR count). The van der Waals surface area contributed by atoms with Gasteiger partial charge in [0.1, 0.15) is 17.4 Å². The van der Waals surface area contributed by atoms with E-state index in [9.17, 15) is 9.59 Å². The summed E-state index contributed by atoms with van der Waals surface area (Å²) in [6, 6.07) is 5.33. The van der Waals surface area contributed by atoms with Crippen molar-refractivity contribution in [3.8, 4) is 5.75 Å². The summed E-state index contributed by atoms with van der Waals surface area (Å²) < 4.78 is 5.19. The number of rotatable bonds is 5. The van der Waals surface area contributed by atoms with E-state index in [4.69, 9.17) is 38.8 Å². The van der Waals surface area contributed by atoms with Crippen molar-refractivity contribution in [3.63, 3.8) is 0 Å². The van der Waals surface area contributed by atoms with Crippen LogP contribution in [0.4, 0.5) is 0 Å². The van der Waals surface area contributed by atoms with Gasteiger partial charge < -0.3 is 15.6 Å². The standard InChI is InChI=1S/C15H12Cl2N2O4/c16-10-6-19-7-11(17)13(10)15(22)23-9-3-1-8(2-4-9)5-12(18)14(20)21/h1-4,6-7,12H,5,18H2,(H,20,21)/t12-/m0/s1. The number of benzene rings is 1. The zero-order chi connectivity index (χ0) is 17.0. The van der Waals surface area contributed by atoms with E-state index in [1.807, 2.05) is 0 Å². The van der Waals surface area contributed by atoms with Gasteiger partial charge in [0.15, 0.2) is 0 Å². The predicted octanol–water partition coefficient (Wildman–Crippen LogP) is 2.56. The van der Waals surface area contributed by atoms with Gasteiger partial charge in [-0.3, -0.25) is 9.78 Å². The number of aliphatic carboxylic acids is 1. The Morgan fingerprint density at radius 3 is 2.26 bits per heavy atom. The molecule has 2 aromatic rings. The molecule has 0 aliphatic carbocycles. The summed E-state index contributed by atoms with van der Waals surface area (Å²) in [5.74, 6) is -1.52. The number of esters is 1. The number of hydrogen-bond donors (Lipinski definition) is 2. The molecule has 0 radical (unpaired) electrons. The van der Waals surface area contributed by atoms with Crippen molar-refractivity contribution >= 4 is 35.1 Å². The van der Waals surface area contributed by atoms with Gasteiger partial charge >= 0.3 is 11.9 Å².